The van der Waals surface area contributed by atoms with Crippen LogP contribution < -0.4 is 11.1 Å². The first-order chi connectivity index (χ1) is 9.54. The van der Waals surface area contributed by atoms with Gasteiger partial charge in [-0.3, -0.25) is 0 Å². The molecule has 6 heteroatoms. The molecular weight excluding hydrogens is 359 g/mol. The third kappa shape index (κ3) is 3.13. The van der Waals surface area contributed by atoms with Gasteiger partial charge in [-0.15, -0.1) is 11.8 Å². The maximum atomic E-state index is 14.3. The van der Waals surface area contributed by atoms with Crippen LogP contribution in [0.15, 0.2) is 45.8 Å². The Morgan fingerprint density at radius 3 is 2.60 bits per heavy atom. The molecule has 0 heterocycles. The van der Waals surface area contributed by atoms with Gasteiger partial charge in [0.1, 0.15) is 4.99 Å². The standard InChI is InChI=1S/C14H12BrFN2S2/c1-20-11-5-3-2-4-9(11)18-10-7-6-8(14(17)19)12(15)13(10)16/h2-7,18H,1H3,(H2,17,19). The first-order valence-corrected chi connectivity index (χ1v) is 8.15. The van der Waals surface area contributed by atoms with E-state index in [4.69, 9.17) is 18.0 Å². The lowest BCUT2D eigenvalue weighted by atomic mass is 10.2. The highest BCUT2D eigenvalue weighted by molar-refractivity contribution is 9.10. The first-order valence-electron chi connectivity index (χ1n) is 5.72. The summed E-state index contributed by atoms with van der Waals surface area (Å²) in [6.45, 7) is 0. The van der Waals surface area contributed by atoms with Crippen LogP contribution >= 0.6 is 39.9 Å². The molecule has 20 heavy (non-hydrogen) atoms. The number of halogens is 2. The molecule has 0 radical (unpaired) electrons. The second-order valence-corrected chi connectivity index (χ2v) is 6.06. The van der Waals surface area contributed by atoms with Crippen molar-refractivity contribution < 1.29 is 4.39 Å². The highest BCUT2D eigenvalue weighted by Gasteiger charge is 2.13. The van der Waals surface area contributed by atoms with Gasteiger partial charge in [-0.25, -0.2) is 4.39 Å². The number of nitrogens with two attached hydrogens (primary N) is 1. The van der Waals surface area contributed by atoms with Crippen molar-refractivity contribution in [3.8, 4) is 0 Å². The lowest BCUT2D eigenvalue weighted by Gasteiger charge is -2.13. The molecule has 2 aromatic rings. The zero-order valence-electron chi connectivity index (χ0n) is 10.6. The number of thioether (sulfide) groups is 1. The number of nitrogens with one attached hydrogen (secondary N) is 1. The Morgan fingerprint density at radius 1 is 1.25 bits per heavy atom. The van der Waals surface area contributed by atoms with Crippen LogP contribution in [0, 0.1) is 5.82 Å². The number of para-hydroxylation sites is 1. The van der Waals surface area contributed by atoms with E-state index in [1.54, 1.807) is 23.9 Å². The van der Waals surface area contributed by atoms with E-state index in [2.05, 4.69) is 21.2 Å². The third-order valence-corrected chi connectivity index (χ3v) is 4.52. The Labute approximate surface area is 135 Å². The van der Waals surface area contributed by atoms with E-state index >= 15 is 0 Å². The zero-order chi connectivity index (χ0) is 14.7. The van der Waals surface area contributed by atoms with Gasteiger partial charge in [0.25, 0.3) is 0 Å². The third-order valence-electron chi connectivity index (χ3n) is 2.72. The number of hydrogen-bond acceptors (Lipinski definition) is 3. The Kier molecular flexibility index (Phi) is 5.01. The molecule has 0 amide bonds. The van der Waals surface area contributed by atoms with Crippen molar-refractivity contribution in [3.63, 3.8) is 0 Å². The van der Waals surface area contributed by atoms with Crippen molar-refractivity contribution in [2.45, 2.75) is 4.90 Å². The predicted molar refractivity (Wildman–Crippen MR) is 91.5 cm³/mol. The van der Waals surface area contributed by atoms with Gasteiger partial charge >= 0.3 is 0 Å². The lowest BCUT2D eigenvalue weighted by Crippen LogP contribution is -2.11. The Bertz CT molecular complexity index is 662. The quantitative estimate of drug-likeness (QED) is 0.604. The van der Waals surface area contributed by atoms with Crippen LogP contribution in [0.2, 0.25) is 0 Å². The minimum absolute atomic E-state index is 0.159. The molecule has 0 spiro atoms. The number of rotatable bonds is 4. The second-order valence-electron chi connectivity index (χ2n) is 3.98. The minimum Gasteiger partial charge on any atom is -0.389 e. The lowest BCUT2D eigenvalue weighted by molar-refractivity contribution is 0.625. The van der Waals surface area contributed by atoms with Gasteiger partial charge in [0, 0.05) is 10.5 Å². The molecule has 2 nitrogen and oxygen atoms in total. The first kappa shape index (κ1) is 15.3. The van der Waals surface area contributed by atoms with E-state index in [1.165, 1.54) is 0 Å². The minimum atomic E-state index is -0.411. The van der Waals surface area contributed by atoms with Crippen molar-refractivity contribution in [1.82, 2.24) is 0 Å². The van der Waals surface area contributed by atoms with E-state index in [1.807, 2.05) is 30.5 Å². The van der Waals surface area contributed by atoms with E-state index in [0.717, 1.165) is 10.6 Å². The Morgan fingerprint density at radius 2 is 1.95 bits per heavy atom. The van der Waals surface area contributed by atoms with Crippen molar-refractivity contribution >= 4 is 56.3 Å². The topological polar surface area (TPSA) is 38.0 Å². The molecule has 104 valence electrons. The van der Waals surface area contributed by atoms with Crippen LogP contribution in [-0.4, -0.2) is 11.2 Å². The average Bonchev–Trinajstić information content (AvgIpc) is 2.44. The fourth-order valence-corrected chi connectivity index (χ4v) is 3.14. The summed E-state index contributed by atoms with van der Waals surface area (Å²) in [4.78, 5) is 1.20. The summed E-state index contributed by atoms with van der Waals surface area (Å²) in [5, 5.41) is 3.09. The normalized spacial score (nSPS) is 10.3. The van der Waals surface area contributed by atoms with E-state index in [-0.39, 0.29) is 9.46 Å². The van der Waals surface area contributed by atoms with E-state index < -0.39 is 5.82 Å². The van der Waals surface area contributed by atoms with E-state index in [0.29, 0.717) is 11.3 Å². The Hall–Kier alpha value is -1.11. The molecule has 2 aromatic carbocycles. The molecule has 0 bridgehead atoms. The fourth-order valence-electron chi connectivity index (χ4n) is 1.73. The summed E-state index contributed by atoms with van der Waals surface area (Å²) in [6.07, 6.45) is 1.97. The number of hydrogen-bond donors (Lipinski definition) is 2. The number of anilines is 2. The highest BCUT2D eigenvalue weighted by atomic mass is 79.9. The molecule has 0 aliphatic heterocycles. The predicted octanol–water partition coefficient (Wildman–Crippen LogP) is 4.69. The largest absolute Gasteiger partial charge is 0.389 e. The van der Waals surface area contributed by atoms with Crippen LogP contribution in [0.4, 0.5) is 15.8 Å². The van der Waals surface area contributed by atoms with Gasteiger partial charge in [0.2, 0.25) is 0 Å². The van der Waals surface area contributed by atoms with Gasteiger partial charge in [0.05, 0.1) is 15.8 Å². The summed E-state index contributed by atoms with van der Waals surface area (Å²) < 4.78 is 14.6. The summed E-state index contributed by atoms with van der Waals surface area (Å²) >= 11 is 9.67. The van der Waals surface area contributed by atoms with Crippen LogP contribution in [-0.2, 0) is 0 Å². The molecule has 3 N–H and O–H groups in total. The smallest absolute Gasteiger partial charge is 0.161 e. The van der Waals surface area contributed by atoms with Crippen molar-refractivity contribution in [3.05, 3.63) is 52.3 Å². The monoisotopic (exact) mass is 370 g/mol. The number of benzene rings is 2. The molecule has 0 aromatic heterocycles. The Balaban J connectivity index is 2.40. The molecule has 0 unspecified atom stereocenters. The fraction of sp³-hybridized carbons (Fsp3) is 0.0714. The van der Waals surface area contributed by atoms with Crippen molar-refractivity contribution in [2.75, 3.05) is 11.6 Å². The highest BCUT2D eigenvalue weighted by Crippen LogP contribution is 2.32. The van der Waals surface area contributed by atoms with Gasteiger partial charge in [-0.05, 0) is 46.5 Å². The summed E-state index contributed by atoms with van der Waals surface area (Å²) in [7, 11) is 0. The molecule has 2 rings (SSSR count). The summed E-state index contributed by atoms with van der Waals surface area (Å²) in [5.74, 6) is -0.411. The maximum Gasteiger partial charge on any atom is 0.161 e. The molecule has 0 fully saturated rings. The van der Waals surface area contributed by atoms with Gasteiger partial charge in [0.15, 0.2) is 5.82 Å². The van der Waals surface area contributed by atoms with Crippen molar-refractivity contribution in [1.29, 1.82) is 0 Å². The van der Waals surface area contributed by atoms with Crippen molar-refractivity contribution in [2.24, 2.45) is 5.73 Å². The van der Waals surface area contributed by atoms with Crippen LogP contribution in [0.3, 0.4) is 0 Å². The second kappa shape index (κ2) is 6.56. The molecule has 0 aliphatic carbocycles. The summed E-state index contributed by atoms with van der Waals surface area (Å²) in [6, 6.07) is 11.0. The molecule has 0 saturated heterocycles. The molecule has 0 saturated carbocycles. The molecule has 0 atom stereocenters. The summed E-state index contributed by atoms with van der Waals surface area (Å²) in [5.41, 5.74) is 7.26. The van der Waals surface area contributed by atoms with Crippen LogP contribution in [0.5, 0.6) is 0 Å². The van der Waals surface area contributed by atoms with Crippen LogP contribution in [0.25, 0.3) is 0 Å². The molecular formula is C14H12BrFN2S2. The average molecular weight is 371 g/mol. The zero-order valence-corrected chi connectivity index (χ0v) is 13.8. The van der Waals surface area contributed by atoms with Gasteiger partial charge in [-0.2, -0.15) is 0 Å². The van der Waals surface area contributed by atoms with Gasteiger partial charge < -0.3 is 11.1 Å². The van der Waals surface area contributed by atoms with Gasteiger partial charge in [-0.1, -0.05) is 24.4 Å². The SMILES string of the molecule is CSc1ccccc1Nc1ccc(C(N)=S)c(Br)c1F. The maximum absolute atomic E-state index is 14.3. The van der Waals surface area contributed by atoms with Crippen LogP contribution in [0.1, 0.15) is 5.56 Å². The van der Waals surface area contributed by atoms with E-state index in [9.17, 15) is 4.39 Å². The number of thiocarbonyl (C=S) groups is 1. The molecule has 0 aliphatic rings.